The first-order valence-electron chi connectivity index (χ1n) is 5.97. The maximum absolute atomic E-state index is 2.27. The van der Waals surface area contributed by atoms with Crippen molar-refractivity contribution in [3.63, 3.8) is 0 Å². The van der Waals surface area contributed by atoms with E-state index in [9.17, 15) is 0 Å². The Balaban J connectivity index is 2.19. The molecule has 0 saturated heterocycles. The van der Waals surface area contributed by atoms with Crippen LogP contribution in [0.4, 0.5) is 0 Å². The Morgan fingerprint density at radius 1 is 0.812 bits per heavy atom. The van der Waals surface area contributed by atoms with Gasteiger partial charge in [0.25, 0.3) is 0 Å². The zero-order valence-electron chi connectivity index (χ0n) is 9.99. The van der Waals surface area contributed by atoms with Crippen molar-refractivity contribution < 1.29 is 0 Å². The summed E-state index contributed by atoms with van der Waals surface area (Å²) in [4.78, 5) is 2.97. The SMILES string of the molecule is CCc1ccc(Cc2ccccc2CC)s1. The summed E-state index contributed by atoms with van der Waals surface area (Å²) in [6.45, 7) is 4.44. The normalized spacial score (nSPS) is 10.6. The van der Waals surface area contributed by atoms with Gasteiger partial charge in [-0.2, -0.15) is 0 Å². The van der Waals surface area contributed by atoms with Gasteiger partial charge in [0.2, 0.25) is 0 Å². The number of benzene rings is 1. The average molecular weight is 230 g/mol. The van der Waals surface area contributed by atoms with Gasteiger partial charge < -0.3 is 0 Å². The number of hydrogen-bond acceptors (Lipinski definition) is 1. The molecule has 0 nitrogen and oxygen atoms in total. The molecule has 0 unspecified atom stereocenters. The highest BCUT2D eigenvalue weighted by molar-refractivity contribution is 7.12. The second kappa shape index (κ2) is 5.31. The zero-order chi connectivity index (χ0) is 11.4. The first kappa shape index (κ1) is 11.4. The molecule has 0 atom stereocenters. The molecule has 16 heavy (non-hydrogen) atoms. The second-order valence-corrected chi connectivity index (χ2v) is 5.27. The highest BCUT2D eigenvalue weighted by Crippen LogP contribution is 2.22. The largest absolute Gasteiger partial charge is 0.145 e. The Morgan fingerprint density at radius 2 is 1.50 bits per heavy atom. The number of rotatable bonds is 4. The first-order chi connectivity index (χ1) is 7.83. The van der Waals surface area contributed by atoms with Crippen molar-refractivity contribution in [2.45, 2.75) is 33.1 Å². The number of thiophene rings is 1. The molecule has 0 aliphatic rings. The van der Waals surface area contributed by atoms with Crippen LogP contribution in [0.2, 0.25) is 0 Å². The highest BCUT2D eigenvalue weighted by atomic mass is 32.1. The van der Waals surface area contributed by atoms with E-state index in [1.54, 1.807) is 0 Å². The molecule has 2 aromatic rings. The number of hydrogen-bond donors (Lipinski definition) is 0. The molecule has 0 N–H and O–H groups in total. The predicted molar refractivity (Wildman–Crippen MR) is 72.3 cm³/mol. The van der Waals surface area contributed by atoms with Crippen LogP contribution < -0.4 is 0 Å². The molecule has 0 aliphatic heterocycles. The monoisotopic (exact) mass is 230 g/mol. The van der Waals surface area contributed by atoms with Crippen molar-refractivity contribution in [1.82, 2.24) is 0 Å². The summed E-state index contributed by atoms with van der Waals surface area (Å²) in [6.07, 6.45) is 3.37. The molecule has 0 saturated carbocycles. The van der Waals surface area contributed by atoms with Crippen LogP contribution >= 0.6 is 11.3 Å². The Hall–Kier alpha value is -1.08. The van der Waals surface area contributed by atoms with Crippen LogP contribution in [0.3, 0.4) is 0 Å². The third kappa shape index (κ3) is 2.53. The Labute approximate surface area is 102 Å². The molecule has 0 fully saturated rings. The Morgan fingerprint density at radius 3 is 2.12 bits per heavy atom. The van der Waals surface area contributed by atoms with Gasteiger partial charge in [-0.1, -0.05) is 38.1 Å². The van der Waals surface area contributed by atoms with E-state index in [-0.39, 0.29) is 0 Å². The van der Waals surface area contributed by atoms with E-state index in [0.29, 0.717) is 0 Å². The first-order valence-corrected chi connectivity index (χ1v) is 6.79. The molecule has 1 heteroatoms. The average Bonchev–Trinajstić information content (AvgIpc) is 2.77. The number of aryl methyl sites for hydroxylation is 2. The van der Waals surface area contributed by atoms with Crippen LogP contribution in [0.1, 0.15) is 34.7 Å². The minimum absolute atomic E-state index is 1.09. The predicted octanol–water partition coefficient (Wildman–Crippen LogP) is 4.46. The third-order valence-electron chi connectivity index (χ3n) is 2.93. The van der Waals surface area contributed by atoms with E-state index in [1.807, 2.05) is 11.3 Å². The standard InChI is InChI=1S/C15H18S/c1-3-12-7-5-6-8-13(12)11-15-10-9-14(4-2)16-15/h5-10H,3-4,11H2,1-2H3. The van der Waals surface area contributed by atoms with Crippen molar-refractivity contribution in [3.8, 4) is 0 Å². The molecule has 1 aromatic carbocycles. The molecule has 0 amide bonds. The summed E-state index contributed by atoms with van der Waals surface area (Å²) >= 11 is 1.95. The van der Waals surface area contributed by atoms with Gasteiger partial charge in [-0.3, -0.25) is 0 Å². The summed E-state index contributed by atoms with van der Waals surface area (Å²) in [5.74, 6) is 0. The quantitative estimate of drug-likeness (QED) is 0.727. The molecule has 0 aliphatic carbocycles. The van der Waals surface area contributed by atoms with Gasteiger partial charge in [-0.25, -0.2) is 0 Å². The topological polar surface area (TPSA) is 0 Å². The lowest BCUT2D eigenvalue weighted by Gasteiger charge is -2.05. The summed E-state index contributed by atoms with van der Waals surface area (Å²) in [5, 5.41) is 0. The lowest BCUT2D eigenvalue weighted by molar-refractivity contribution is 1.07. The minimum Gasteiger partial charge on any atom is -0.145 e. The van der Waals surface area contributed by atoms with Gasteiger partial charge >= 0.3 is 0 Å². The van der Waals surface area contributed by atoms with Gasteiger partial charge in [0.1, 0.15) is 0 Å². The molecule has 1 aromatic heterocycles. The molecule has 1 heterocycles. The van der Waals surface area contributed by atoms with Crippen molar-refractivity contribution in [2.24, 2.45) is 0 Å². The smallest absolute Gasteiger partial charge is 0.00920 e. The van der Waals surface area contributed by atoms with Gasteiger partial charge in [0.05, 0.1) is 0 Å². The van der Waals surface area contributed by atoms with E-state index in [2.05, 4.69) is 50.2 Å². The summed E-state index contributed by atoms with van der Waals surface area (Å²) in [7, 11) is 0. The van der Waals surface area contributed by atoms with Crippen molar-refractivity contribution in [2.75, 3.05) is 0 Å². The van der Waals surface area contributed by atoms with Crippen molar-refractivity contribution >= 4 is 11.3 Å². The van der Waals surface area contributed by atoms with Crippen LogP contribution in [0.25, 0.3) is 0 Å². The van der Waals surface area contributed by atoms with Crippen molar-refractivity contribution in [3.05, 3.63) is 57.3 Å². The molecule has 0 spiro atoms. The molecule has 0 bridgehead atoms. The van der Waals surface area contributed by atoms with Crippen molar-refractivity contribution in [1.29, 1.82) is 0 Å². The maximum Gasteiger partial charge on any atom is 0.00920 e. The van der Waals surface area contributed by atoms with E-state index < -0.39 is 0 Å². The molecule has 2 rings (SSSR count). The van der Waals surface area contributed by atoms with E-state index in [1.165, 1.54) is 20.9 Å². The molecule has 84 valence electrons. The van der Waals surface area contributed by atoms with E-state index >= 15 is 0 Å². The van der Waals surface area contributed by atoms with Crippen LogP contribution in [0.15, 0.2) is 36.4 Å². The summed E-state index contributed by atoms with van der Waals surface area (Å²) < 4.78 is 0. The van der Waals surface area contributed by atoms with Gasteiger partial charge in [0, 0.05) is 16.2 Å². The van der Waals surface area contributed by atoms with Gasteiger partial charge in [-0.15, -0.1) is 11.3 Å². The fourth-order valence-electron chi connectivity index (χ4n) is 1.97. The van der Waals surface area contributed by atoms with E-state index in [4.69, 9.17) is 0 Å². The maximum atomic E-state index is 2.27. The summed E-state index contributed by atoms with van der Waals surface area (Å²) in [5.41, 5.74) is 2.96. The lowest BCUT2D eigenvalue weighted by Crippen LogP contribution is -1.91. The molecular weight excluding hydrogens is 212 g/mol. The van der Waals surface area contributed by atoms with Gasteiger partial charge in [0.15, 0.2) is 0 Å². The third-order valence-corrected chi connectivity index (χ3v) is 4.16. The van der Waals surface area contributed by atoms with Gasteiger partial charge in [-0.05, 0) is 36.1 Å². The van der Waals surface area contributed by atoms with Crippen LogP contribution in [0, 0.1) is 0 Å². The lowest BCUT2D eigenvalue weighted by atomic mass is 10.0. The Bertz CT molecular complexity index is 454. The van der Waals surface area contributed by atoms with Crippen LogP contribution in [0.5, 0.6) is 0 Å². The molecule has 0 radical (unpaired) electrons. The minimum atomic E-state index is 1.09. The van der Waals surface area contributed by atoms with E-state index in [0.717, 1.165) is 19.3 Å². The highest BCUT2D eigenvalue weighted by Gasteiger charge is 2.03. The molecular formula is C15H18S. The fraction of sp³-hybridized carbons (Fsp3) is 0.333. The zero-order valence-corrected chi connectivity index (χ0v) is 10.8. The Kier molecular flexibility index (Phi) is 3.79. The fourth-order valence-corrected chi connectivity index (χ4v) is 2.95. The van der Waals surface area contributed by atoms with Crippen LogP contribution in [-0.4, -0.2) is 0 Å². The second-order valence-electron chi connectivity index (χ2n) is 4.02. The van der Waals surface area contributed by atoms with Crippen LogP contribution in [-0.2, 0) is 19.3 Å². The summed E-state index contributed by atoms with van der Waals surface area (Å²) in [6, 6.07) is 13.3.